The van der Waals surface area contributed by atoms with E-state index in [9.17, 15) is 14.4 Å². The Kier molecular flexibility index (Phi) is 6.87. The van der Waals surface area contributed by atoms with Gasteiger partial charge in [-0.1, -0.05) is 37.3 Å². The van der Waals surface area contributed by atoms with Crippen molar-refractivity contribution in [1.29, 1.82) is 0 Å². The summed E-state index contributed by atoms with van der Waals surface area (Å²) in [5.74, 6) is 0.312. The van der Waals surface area contributed by atoms with E-state index >= 15 is 0 Å². The standard InChI is InChI=1S/C26H30N4O3/c1-3-17-29(18(2)25(32)27-19-9-5-4-6-10-19)24(31)16-15-23-28-22-12-8-7-11-21(22)26(33)30(23)20-13-14-20/h4-12,18,20H,3,13-17H2,1-2H3,(H,27,32). The lowest BCUT2D eigenvalue weighted by Crippen LogP contribution is -2.46. The lowest BCUT2D eigenvalue weighted by molar-refractivity contribution is -0.138. The quantitative estimate of drug-likeness (QED) is 0.540. The smallest absolute Gasteiger partial charge is 0.261 e. The molecule has 1 fully saturated rings. The van der Waals surface area contributed by atoms with Crippen LogP contribution in [0.15, 0.2) is 59.4 Å². The fraction of sp³-hybridized carbons (Fsp3) is 0.385. The topological polar surface area (TPSA) is 84.3 Å². The van der Waals surface area contributed by atoms with E-state index < -0.39 is 6.04 Å². The Morgan fingerprint density at radius 3 is 2.52 bits per heavy atom. The summed E-state index contributed by atoms with van der Waals surface area (Å²) < 4.78 is 1.77. The van der Waals surface area contributed by atoms with E-state index in [0.29, 0.717) is 35.4 Å². The number of hydrogen-bond donors (Lipinski definition) is 1. The third-order valence-electron chi connectivity index (χ3n) is 6.03. The number of nitrogens with zero attached hydrogens (tertiary/aromatic N) is 3. The van der Waals surface area contributed by atoms with E-state index in [1.165, 1.54) is 0 Å². The molecule has 7 heteroatoms. The van der Waals surface area contributed by atoms with Crippen molar-refractivity contribution in [3.05, 3.63) is 70.8 Å². The zero-order valence-electron chi connectivity index (χ0n) is 19.2. The molecule has 0 saturated heterocycles. The molecule has 1 aromatic heterocycles. The molecule has 1 atom stereocenters. The maximum atomic E-state index is 13.2. The van der Waals surface area contributed by atoms with E-state index in [1.807, 2.05) is 55.5 Å². The second-order valence-corrected chi connectivity index (χ2v) is 8.57. The number of carbonyl (C=O) groups excluding carboxylic acids is 2. The first-order valence-corrected chi connectivity index (χ1v) is 11.6. The van der Waals surface area contributed by atoms with Gasteiger partial charge in [-0.25, -0.2) is 4.98 Å². The number of carbonyl (C=O) groups is 2. The van der Waals surface area contributed by atoms with Crippen LogP contribution < -0.4 is 10.9 Å². The Morgan fingerprint density at radius 2 is 1.82 bits per heavy atom. The van der Waals surface area contributed by atoms with Crippen LogP contribution in [0.4, 0.5) is 5.69 Å². The Hall–Kier alpha value is -3.48. The van der Waals surface area contributed by atoms with Crippen molar-refractivity contribution in [2.45, 2.75) is 58.0 Å². The molecule has 7 nitrogen and oxygen atoms in total. The average molecular weight is 447 g/mol. The van der Waals surface area contributed by atoms with Gasteiger partial charge in [0.15, 0.2) is 0 Å². The number of fused-ring (bicyclic) bond motifs is 1. The highest BCUT2D eigenvalue weighted by molar-refractivity contribution is 5.96. The number of benzene rings is 2. The highest BCUT2D eigenvalue weighted by atomic mass is 16.2. The number of anilines is 1. The van der Waals surface area contributed by atoms with Gasteiger partial charge in [0.1, 0.15) is 11.9 Å². The summed E-state index contributed by atoms with van der Waals surface area (Å²) in [5, 5.41) is 3.49. The highest BCUT2D eigenvalue weighted by Crippen LogP contribution is 2.35. The minimum Gasteiger partial charge on any atom is -0.331 e. The molecule has 1 saturated carbocycles. The molecule has 1 heterocycles. The zero-order chi connectivity index (χ0) is 23.4. The maximum absolute atomic E-state index is 13.2. The van der Waals surface area contributed by atoms with Crippen LogP contribution in [-0.2, 0) is 16.0 Å². The van der Waals surface area contributed by atoms with Crippen molar-refractivity contribution >= 4 is 28.4 Å². The lowest BCUT2D eigenvalue weighted by Gasteiger charge is -2.28. The first-order valence-electron chi connectivity index (χ1n) is 11.6. The molecule has 3 aromatic rings. The molecule has 0 aliphatic heterocycles. The summed E-state index contributed by atoms with van der Waals surface area (Å²) in [6, 6.07) is 16.1. The largest absolute Gasteiger partial charge is 0.331 e. The second kappa shape index (κ2) is 9.98. The van der Waals surface area contributed by atoms with Gasteiger partial charge in [-0.05, 0) is 50.5 Å². The maximum Gasteiger partial charge on any atom is 0.261 e. The molecule has 172 valence electrons. The third kappa shape index (κ3) is 5.13. The van der Waals surface area contributed by atoms with Crippen LogP contribution in [0.25, 0.3) is 10.9 Å². The number of hydrogen-bond acceptors (Lipinski definition) is 4. The van der Waals surface area contributed by atoms with Gasteiger partial charge in [-0.3, -0.25) is 19.0 Å². The van der Waals surface area contributed by atoms with Gasteiger partial charge < -0.3 is 10.2 Å². The van der Waals surface area contributed by atoms with E-state index in [0.717, 1.165) is 19.3 Å². The summed E-state index contributed by atoms with van der Waals surface area (Å²) in [7, 11) is 0. The molecule has 0 bridgehead atoms. The van der Waals surface area contributed by atoms with Crippen molar-refractivity contribution in [3.63, 3.8) is 0 Å². The van der Waals surface area contributed by atoms with Gasteiger partial charge in [0.2, 0.25) is 11.8 Å². The van der Waals surface area contributed by atoms with Crippen LogP contribution in [0, 0.1) is 0 Å². The zero-order valence-corrected chi connectivity index (χ0v) is 19.2. The van der Waals surface area contributed by atoms with E-state index in [2.05, 4.69) is 5.32 Å². The molecule has 33 heavy (non-hydrogen) atoms. The molecule has 2 amide bonds. The fourth-order valence-electron chi connectivity index (χ4n) is 4.12. The molecule has 1 N–H and O–H groups in total. The molecule has 4 rings (SSSR count). The van der Waals surface area contributed by atoms with E-state index in [-0.39, 0.29) is 29.8 Å². The van der Waals surface area contributed by atoms with Gasteiger partial charge in [0, 0.05) is 31.1 Å². The van der Waals surface area contributed by atoms with E-state index in [4.69, 9.17) is 4.98 Å². The SMILES string of the molecule is CCCN(C(=O)CCc1nc2ccccc2c(=O)n1C1CC1)C(C)C(=O)Nc1ccccc1. The summed E-state index contributed by atoms with van der Waals surface area (Å²) >= 11 is 0. The number of para-hydroxylation sites is 2. The molecule has 1 unspecified atom stereocenters. The van der Waals surface area contributed by atoms with Crippen molar-refractivity contribution in [3.8, 4) is 0 Å². The average Bonchev–Trinajstić information content (AvgIpc) is 3.66. The van der Waals surface area contributed by atoms with Crippen molar-refractivity contribution in [1.82, 2.24) is 14.5 Å². The number of rotatable bonds is 9. The summed E-state index contributed by atoms with van der Waals surface area (Å²) in [5.41, 5.74) is 1.32. The molecular weight excluding hydrogens is 416 g/mol. The lowest BCUT2D eigenvalue weighted by atomic mass is 10.1. The monoisotopic (exact) mass is 446 g/mol. The summed E-state index contributed by atoms with van der Waals surface area (Å²) in [6.07, 6.45) is 3.22. The molecule has 0 radical (unpaired) electrons. The van der Waals surface area contributed by atoms with Crippen LogP contribution in [-0.4, -0.2) is 38.9 Å². The number of nitrogens with one attached hydrogen (secondary N) is 1. The van der Waals surface area contributed by atoms with Gasteiger partial charge in [-0.15, -0.1) is 0 Å². The van der Waals surface area contributed by atoms with Crippen LogP contribution in [0.5, 0.6) is 0 Å². The highest BCUT2D eigenvalue weighted by Gasteiger charge is 2.29. The predicted octanol–water partition coefficient (Wildman–Crippen LogP) is 3.93. The Bertz CT molecular complexity index is 1200. The molecule has 2 aromatic carbocycles. The van der Waals surface area contributed by atoms with Crippen LogP contribution >= 0.6 is 0 Å². The Morgan fingerprint density at radius 1 is 1.12 bits per heavy atom. The minimum absolute atomic E-state index is 0.0356. The first kappa shape index (κ1) is 22.7. The van der Waals surface area contributed by atoms with Gasteiger partial charge >= 0.3 is 0 Å². The van der Waals surface area contributed by atoms with Gasteiger partial charge in [-0.2, -0.15) is 0 Å². The van der Waals surface area contributed by atoms with Crippen LogP contribution in [0.2, 0.25) is 0 Å². The van der Waals surface area contributed by atoms with Gasteiger partial charge in [0.05, 0.1) is 10.9 Å². The Labute approximate surface area is 193 Å². The predicted molar refractivity (Wildman–Crippen MR) is 129 cm³/mol. The van der Waals surface area contributed by atoms with Crippen molar-refractivity contribution in [2.24, 2.45) is 0 Å². The molecule has 0 spiro atoms. The number of aromatic nitrogens is 2. The Balaban J connectivity index is 1.50. The van der Waals surface area contributed by atoms with E-state index in [1.54, 1.807) is 22.5 Å². The second-order valence-electron chi connectivity index (χ2n) is 8.57. The van der Waals surface area contributed by atoms with Crippen LogP contribution in [0.3, 0.4) is 0 Å². The minimum atomic E-state index is -0.604. The molecule has 1 aliphatic carbocycles. The third-order valence-corrected chi connectivity index (χ3v) is 6.03. The molecular formula is C26H30N4O3. The summed E-state index contributed by atoms with van der Waals surface area (Å²) in [4.78, 5) is 45.4. The summed E-state index contributed by atoms with van der Waals surface area (Å²) in [6.45, 7) is 4.22. The normalized spacial score (nSPS) is 14.1. The van der Waals surface area contributed by atoms with Crippen molar-refractivity contribution < 1.29 is 9.59 Å². The number of amides is 2. The van der Waals surface area contributed by atoms with Crippen LogP contribution in [0.1, 0.15) is 51.4 Å². The fourth-order valence-corrected chi connectivity index (χ4v) is 4.12. The number of aryl methyl sites for hydroxylation is 1. The first-order chi connectivity index (χ1) is 16.0. The van der Waals surface area contributed by atoms with Gasteiger partial charge in [0.25, 0.3) is 5.56 Å². The molecule has 1 aliphatic rings. The van der Waals surface area contributed by atoms with Crippen molar-refractivity contribution in [2.75, 3.05) is 11.9 Å².